The molecule has 0 aliphatic carbocycles. The molecule has 0 radical (unpaired) electrons. The lowest BCUT2D eigenvalue weighted by Crippen LogP contribution is -2.78. The van der Waals surface area contributed by atoms with E-state index in [0.717, 1.165) is 25.9 Å². The molecule has 6 rings (SSSR count). The molecule has 0 unspecified atom stereocenters. The number of hydrogen-bond donors (Lipinski definition) is 0. The highest BCUT2D eigenvalue weighted by molar-refractivity contribution is 7.10. The Labute approximate surface area is 301 Å². The van der Waals surface area contributed by atoms with E-state index < -0.39 is 42.8 Å². The Morgan fingerprint density at radius 1 is 0.260 bits per heavy atom. The zero-order valence-corrected chi connectivity index (χ0v) is 32.9. The van der Waals surface area contributed by atoms with Gasteiger partial charge in [0.2, 0.25) is 0 Å². The van der Waals surface area contributed by atoms with Crippen LogP contribution in [0.25, 0.3) is 0 Å². The van der Waals surface area contributed by atoms with Crippen LogP contribution >= 0.6 is 0 Å². The standard InChI is InChI=1S/C40H40O5Si5/c1-6-46(36-26-16-11-17-27-36)41-47(7-2,37-28-18-12-19-29-37)43-49(9-4,39-32-22-14-23-33-39)45-50(10-5,40-34-24-15-25-35-40)44-48(8-3,42-46)38-30-20-13-21-31-38/h6-35H,1-5H2. The first kappa shape index (κ1) is 35.5. The molecule has 250 valence electrons. The average Bonchev–Trinajstić information content (AvgIpc) is 3.21. The Morgan fingerprint density at radius 2 is 0.400 bits per heavy atom. The van der Waals surface area contributed by atoms with E-state index >= 15 is 0 Å². The summed E-state index contributed by atoms with van der Waals surface area (Å²) in [6.45, 7) is 22.0. The van der Waals surface area contributed by atoms with Crippen LogP contribution in [0, 0.1) is 0 Å². The molecule has 50 heavy (non-hydrogen) atoms. The SMILES string of the molecule is C=C[Si]1(c2ccccc2)O[Si](C=C)(c2ccccc2)O[Si](C=C)(c2ccccc2)O[Si](C=C)(c2ccccc2)O[Si](C=C)(c2ccccc2)O1. The van der Waals surface area contributed by atoms with Gasteiger partial charge in [-0.25, -0.2) is 0 Å². The Kier molecular flexibility index (Phi) is 10.6. The molecule has 1 aliphatic rings. The van der Waals surface area contributed by atoms with Gasteiger partial charge in [-0.1, -0.05) is 152 Å². The van der Waals surface area contributed by atoms with Crippen molar-refractivity contribution in [1.82, 2.24) is 0 Å². The minimum absolute atomic E-state index is 0.837. The highest BCUT2D eigenvalue weighted by Crippen LogP contribution is 2.33. The highest BCUT2D eigenvalue weighted by atomic mass is 28.5. The van der Waals surface area contributed by atoms with Crippen LogP contribution in [0.1, 0.15) is 0 Å². The van der Waals surface area contributed by atoms with Crippen molar-refractivity contribution in [2.24, 2.45) is 0 Å². The number of rotatable bonds is 10. The summed E-state index contributed by atoms with van der Waals surface area (Å²) in [5.41, 5.74) is 9.09. The molecule has 0 atom stereocenters. The van der Waals surface area contributed by atoms with Crippen LogP contribution in [0.2, 0.25) is 0 Å². The minimum atomic E-state index is -3.79. The molecule has 1 aliphatic heterocycles. The molecule has 0 spiro atoms. The van der Waals surface area contributed by atoms with Crippen molar-refractivity contribution in [1.29, 1.82) is 0 Å². The quantitative estimate of drug-likeness (QED) is 0.178. The van der Waals surface area contributed by atoms with E-state index in [0.29, 0.717) is 0 Å². The van der Waals surface area contributed by atoms with Gasteiger partial charge in [-0.15, -0.1) is 32.9 Å². The van der Waals surface area contributed by atoms with E-state index in [9.17, 15) is 0 Å². The van der Waals surface area contributed by atoms with Crippen molar-refractivity contribution in [3.63, 3.8) is 0 Å². The fraction of sp³-hybridized carbons (Fsp3) is 0. The lowest BCUT2D eigenvalue weighted by molar-refractivity contribution is 0.266. The summed E-state index contributed by atoms with van der Waals surface area (Å²) in [6, 6.07) is 49.7. The molecule has 0 aromatic heterocycles. The molecule has 10 heteroatoms. The molecule has 5 aromatic carbocycles. The second-order valence-corrected chi connectivity index (χ2v) is 27.4. The van der Waals surface area contributed by atoms with Gasteiger partial charge in [0.25, 0.3) is 0 Å². The predicted octanol–water partition coefficient (Wildman–Crippen LogP) is 5.46. The summed E-state index contributed by atoms with van der Waals surface area (Å²) >= 11 is 0. The van der Waals surface area contributed by atoms with Gasteiger partial charge in [0, 0.05) is 0 Å². The van der Waals surface area contributed by atoms with Crippen molar-refractivity contribution in [2.75, 3.05) is 0 Å². The Hall–Kier alpha value is -4.32. The van der Waals surface area contributed by atoms with E-state index in [1.807, 2.05) is 180 Å². The number of benzene rings is 5. The van der Waals surface area contributed by atoms with Gasteiger partial charge in [-0.2, -0.15) is 0 Å². The second kappa shape index (κ2) is 14.9. The van der Waals surface area contributed by atoms with Crippen LogP contribution in [0.5, 0.6) is 0 Å². The van der Waals surface area contributed by atoms with Crippen molar-refractivity contribution in [3.05, 3.63) is 213 Å². The topological polar surface area (TPSA) is 46.2 Å². The molecule has 0 bridgehead atoms. The molecule has 1 heterocycles. The van der Waals surface area contributed by atoms with E-state index in [2.05, 4.69) is 32.9 Å². The third kappa shape index (κ3) is 6.50. The van der Waals surface area contributed by atoms with Gasteiger partial charge in [0.1, 0.15) is 0 Å². The summed E-state index contributed by atoms with van der Waals surface area (Å²) in [6.07, 6.45) is 0. The van der Waals surface area contributed by atoms with Gasteiger partial charge in [-0.3, -0.25) is 0 Å². The van der Waals surface area contributed by atoms with Gasteiger partial charge in [-0.05, 0) is 54.4 Å². The molecule has 1 saturated heterocycles. The monoisotopic (exact) mass is 740 g/mol. The van der Waals surface area contributed by atoms with Gasteiger partial charge >= 0.3 is 42.8 Å². The van der Waals surface area contributed by atoms with E-state index in [1.165, 1.54) is 0 Å². The zero-order valence-electron chi connectivity index (χ0n) is 27.9. The van der Waals surface area contributed by atoms with Crippen molar-refractivity contribution >= 4 is 68.7 Å². The number of hydrogen-bond acceptors (Lipinski definition) is 5. The maximum absolute atomic E-state index is 7.64. The summed E-state index contributed by atoms with van der Waals surface area (Å²) in [5.74, 6) is 0. The van der Waals surface area contributed by atoms with Crippen LogP contribution < -0.4 is 25.9 Å². The Balaban J connectivity index is 1.79. The molecule has 0 saturated carbocycles. The van der Waals surface area contributed by atoms with Gasteiger partial charge in [0.15, 0.2) is 0 Å². The zero-order chi connectivity index (χ0) is 35.1. The smallest absolute Gasteiger partial charge is 0.382 e. The summed E-state index contributed by atoms with van der Waals surface area (Å²) in [7, 11) is -18.9. The maximum Gasteiger partial charge on any atom is 0.382 e. The Bertz CT molecular complexity index is 1600. The Morgan fingerprint density at radius 3 is 0.520 bits per heavy atom. The van der Waals surface area contributed by atoms with Gasteiger partial charge in [0.05, 0.1) is 0 Å². The fourth-order valence-corrected chi connectivity index (χ4v) is 30.4. The third-order valence-electron chi connectivity index (χ3n) is 8.74. The first-order valence-corrected chi connectivity index (χ1v) is 25.8. The van der Waals surface area contributed by atoms with E-state index in [-0.39, 0.29) is 0 Å². The van der Waals surface area contributed by atoms with Crippen molar-refractivity contribution < 1.29 is 20.6 Å². The molecular formula is C40H40O5Si5. The fourth-order valence-electron chi connectivity index (χ4n) is 6.18. The minimum Gasteiger partial charge on any atom is -0.403 e. The molecule has 1 fully saturated rings. The molecule has 0 amide bonds. The van der Waals surface area contributed by atoms with Crippen LogP contribution in [0.3, 0.4) is 0 Å². The summed E-state index contributed by atoms with van der Waals surface area (Å²) in [4.78, 5) is 0. The third-order valence-corrected chi connectivity index (χ3v) is 29.2. The van der Waals surface area contributed by atoms with Crippen LogP contribution in [-0.4, -0.2) is 42.8 Å². The van der Waals surface area contributed by atoms with Crippen LogP contribution in [0.4, 0.5) is 0 Å². The molecule has 5 nitrogen and oxygen atoms in total. The molecule has 0 N–H and O–H groups in total. The first-order chi connectivity index (χ1) is 24.4. The first-order valence-electron chi connectivity index (χ1n) is 16.3. The highest BCUT2D eigenvalue weighted by Gasteiger charge is 2.63. The van der Waals surface area contributed by atoms with Gasteiger partial charge < -0.3 is 20.6 Å². The van der Waals surface area contributed by atoms with Crippen molar-refractivity contribution in [2.45, 2.75) is 0 Å². The maximum atomic E-state index is 7.64. The second-order valence-electron chi connectivity index (χ2n) is 11.7. The van der Waals surface area contributed by atoms with Crippen molar-refractivity contribution in [3.8, 4) is 0 Å². The summed E-state index contributed by atoms with van der Waals surface area (Å²) < 4.78 is 38.2. The normalized spacial score (nSPS) is 28.4. The van der Waals surface area contributed by atoms with E-state index in [1.54, 1.807) is 0 Å². The van der Waals surface area contributed by atoms with Crippen LogP contribution in [0.15, 0.2) is 213 Å². The predicted molar refractivity (Wildman–Crippen MR) is 216 cm³/mol. The van der Waals surface area contributed by atoms with E-state index in [4.69, 9.17) is 20.6 Å². The average molecular weight is 741 g/mol. The lowest BCUT2D eigenvalue weighted by Gasteiger charge is -2.50. The van der Waals surface area contributed by atoms with Crippen LogP contribution in [-0.2, 0) is 20.6 Å². The lowest BCUT2D eigenvalue weighted by atomic mass is 10.4. The largest absolute Gasteiger partial charge is 0.403 e. The molecule has 5 aromatic rings. The summed E-state index contributed by atoms with van der Waals surface area (Å²) in [5, 5.41) is 4.19. The molecular weight excluding hydrogens is 701 g/mol.